The fourth-order valence-electron chi connectivity index (χ4n) is 1.19. The van der Waals surface area contributed by atoms with E-state index in [0.717, 1.165) is 11.1 Å². The molecule has 0 saturated heterocycles. The largest absolute Gasteiger partial charge is 0.529 e. The third-order valence-electron chi connectivity index (χ3n) is 2.10. The molecule has 0 aliphatic rings. The summed E-state index contributed by atoms with van der Waals surface area (Å²) in [5, 5.41) is 0. The van der Waals surface area contributed by atoms with Gasteiger partial charge < -0.3 is 4.52 Å². The molecule has 6 heteroatoms. The Morgan fingerprint density at radius 2 is 2.06 bits per heavy atom. The van der Waals surface area contributed by atoms with Crippen LogP contribution in [0.5, 0.6) is 5.75 Å². The third-order valence-corrected chi connectivity index (χ3v) is 3.62. The molecule has 0 radical (unpaired) electrons. The number of aryl methyl sites for hydroxylation is 2. The summed E-state index contributed by atoms with van der Waals surface area (Å²) in [6, 6.07) is 5.61. The molecule has 0 fully saturated rings. The van der Waals surface area contributed by atoms with Gasteiger partial charge in [-0.1, -0.05) is 12.1 Å². The van der Waals surface area contributed by atoms with Crippen molar-refractivity contribution < 1.29 is 18.1 Å². The lowest BCUT2D eigenvalue weighted by Crippen LogP contribution is -2.03. The Labute approximate surface area is 106 Å². The molecule has 0 saturated carbocycles. The van der Waals surface area contributed by atoms with Gasteiger partial charge in [0.2, 0.25) is 0 Å². The van der Waals surface area contributed by atoms with Crippen molar-refractivity contribution in [2.45, 2.75) is 13.8 Å². The predicted molar refractivity (Wildman–Crippen MR) is 67.8 cm³/mol. The minimum Gasteiger partial charge on any atom is -0.404 e. The van der Waals surface area contributed by atoms with Crippen molar-refractivity contribution in [3.8, 4) is 5.75 Å². The van der Waals surface area contributed by atoms with Gasteiger partial charge in [0, 0.05) is 13.0 Å². The smallest absolute Gasteiger partial charge is 0.404 e. The van der Waals surface area contributed by atoms with Crippen molar-refractivity contribution in [1.82, 2.24) is 0 Å². The van der Waals surface area contributed by atoms with Gasteiger partial charge in [0.25, 0.3) is 0 Å². The topological polar surface area (TPSA) is 44.8 Å². The van der Waals surface area contributed by atoms with E-state index in [2.05, 4.69) is 0 Å². The number of phosphoric acid groups is 1. The molecule has 1 atom stereocenters. The second-order valence-corrected chi connectivity index (χ2v) is 5.59. The Morgan fingerprint density at radius 3 is 2.65 bits per heavy atom. The highest BCUT2D eigenvalue weighted by molar-refractivity contribution is 7.48. The van der Waals surface area contributed by atoms with E-state index in [9.17, 15) is 4.57 Å². The van der Waals surface area contributed by atoms with E-state index in [1.54, 1.807) is 6.07 Å². The van der Waals surface area contributed by atoms with Gasteiger partial charge in [0.05, 0.1) is 6.61 Å². The highest BCUT2D eigenvalue weighted by atomic mass is 35.5. The molecule has 17 heavy (non-hydrogen) atoms. The van der Waals surface area contributed by atoms with Crippen molar-refractivity contribution in [1.29, 1.82) is 0 Å². The first kappa shape index (κ1) is 14.5. The zero-order chi connectivity index (χ0) is 12.9. The lowest BCUT2D eigenvalue weighted by atomic mass is 10.1. The monoisotopic (exact) mass is 278 g/mol. The molecular formula is C11H16ClO4P. The molecule has 1 aromatic rings. The maximum Gasteiger partial charge on any atom is 0.529 e. The number of hydrogen-bond acceptors (Lipinski definition) is 4. The Morgan fingerprint density at radius 1 is 1.35 bits per heavy atom. The van der Waals surface area contributed by atoms with Crippen molar-refractivity contribution >= 4 is 19.4 Å². The summed E-state index contributed by atoms with van der Waals surface area (Å²) < 4.78 is 27.2. The summed E-state index contributed by atoms with van der Waals surface area (Å²) in [4.78, 5) is 0. The van der Waals surface area contributed by atoms with Crippen LogP contribution in [0.1, 0.15) is 11.1 Å². The molecule has 1 unspecified atom stereocenters. The highest BCUT2D eigenvalue weighted by Crippen LogP contribution is 2.49. The average Bonchev–Trinajstić information content (AvgIpc) is 2.31. The first-order valence-corrected chi connectivity index (χ1v) is 7.13. The quantitative estimate of drug-likeness (QED) is 0.588. The van der Waals surface area contributed by atoms with Gasteiger partial charge in [-0.2, -0.15) is 0 Å². The van der Waals surface area contributed by atoms with Gasteiger partial charge in [-0.15, -0.1) is 11.6 Å². The maximum atomic E-state index is 12.0. The summed E-state index contributed by atoms with van der Waals surface area (Å²) in [5.74, 6) is 0.716. The fourth-order valence-corrected chi connectivity index (χ4v) is 2.36. The van der Waals surface area contributed by atoms with Crippen LogP contribution in [0.4, 0.5) is 0 Å². The van der Waals surface area contributed by atoms with Gasteiger partial charge in [-0.25, -0.2) is 4.57 Å². The van der Waals surface area contributed by atoms with Gasteiger partial charge in [0.1, 0.15) is 5.75 Å². The molecule has 0 N–H and O–H groups in total. The van der Waals surface area contributed by atoms with Crippen molar-refractivity contribution in [3.63, 3.8) is 0 Å². The van der Waals surface area contributed by atoms with Crippen LogP contribution in [-0.4, -0.2) is 19.6 Å². The summed E-state index contributed by atoms with van der Waals surface area (Å²) >= 11 is 5.47. The molecule has 96 valence electrons. The van der Waals surface area contributed by atoms with Gasteiger partial charge >= 0.3 is 7.82 Å². The molecule has 0 aliphatic heterocycles. The van der Waals surface area contributed by atoms with Gasteiger partial charge in [-0.3, -0.25) is 9.05 Å². The lowest BCUT2D eigenvalue weighted by molar-refractivity contribution is 0.188. The van der Waals surface area contributed by atoms with Crippen LogP contribution in [-0.2, 0) is 13.6 Å². The Kier molecular flexibility index (Phi) is 5.47. The van der Waals surface area contributed by atoms with Crippen LogP contribution < -0.4 is 4.52 Å². The molecule has 1 aromatic carbocycles. The minimum atomic E-state index is -3.57. The Bertz CT molecular complexity index is 422. The fraction of sp³-hybridized carbons (Fsp3) is 0.455. The lowest BCUT2D eigenvalue weighted by Gasteiger charge is -2.17. The van der Waals surface area contributed by atoms with E-state index in [-0.39, 0.29) is 12.5 Å². The van der Waals surface area contributed by atoms with E-state index >= 15 is 0 Å². The van der Waals surface area contributed by atoms with Gasteiger partial charge in [0.15, 0.2) is 0 Å². The maximum absolute atomic E-state index is 12.0. The molecule has 0 bridgehead atoms. The normalized spacial score (nSPS) is 14.4. The molecule has 1 rings (SSSR count). The average molecular weight is 279 g/mol. The molecule has 0 spiro atoms. The zero-order valence-corrected chi connectivity index (χ0v) is 11.8. The first-order valence-electron chi connectivity index (χ1n) is 5.14. The number of benzene rings is 1. The molecule has 0 aromatic heterocycles. The van der Waals surface area contributed by atoms with E-state index in [0.29, 0.717) is 5.75 Å². The first-order chi connectivity index (χ1) is 8.00. The molecule has 0 aliphatic carbocycles. The minimum absolute atomic E-state index is 0.109. The second kappa shape index (κ2) is 6.41. The van der Waals surface area contributed by atoms with E-state index in [4.69, 9.17) is 25.2 Å². The summed E-state index contributed by atoms with van der Waals surface area (Å²) in [6.45, 7) is 3.89. The number of rotatable bonds is 6. The SMILES string of the molecule is COP(=O)(OCCCl)Oc1cc(C)ccc1C. The van der Waals surface area contributed by atoms with Crippen LogP contribution in [0.2, 0.25) is 0 Å². The van der Waals surface area contributed by atoms with Crippen LogP contribution in [0.25, 0.3) is 0 Å². The second-order valence-electron chi connectivity index (χ2n) is 3.51. The number of halogens is 1. The Balaban J connectivity index is 2.86. The van der Waals surface area contributed by atoms with Crippen molar-refractivity contribution in [3.05, 3.63) is 29.3 Å². The van der Waals surface area contributed by atoms with Crippen molar-refractivity contribution in [2.24, 2.45) is 0 Å². The zero-order valence-electron chi connectivity index (χ0n) is 10.1. The Hall–Kier alpha value is -0.540. The summed E-state index contributed by atoms with van der Waals surface area (Å²) in [5.41, 5.74) is 1.87. The highest BCUT2D eigenvalue weighted by Gasteiger charge is 2.27. The number of alkyl halides is 1. The number of phosphoric ester groups is 1. The molecule has 0 heterocycles. The van der Waals surface area contributed by atoms with E-state index in [1.165, 1.54) is 7.11 Å². The van der Waals surface area contributed by atoms with Crippen LogP contribution in [0, 0.1) is 13.8 Å². The number of hydrogen-bond donors (Lipinski definition) is 0. The standard InChI is InChI=1S/C11H16ClO4P/c1-9-4-5-10(2)11(8-9)16-17(13,14-3)15-7-6-12/h4-5,8H,6-7H2,1-3H3. The van der Waals surface area contributed by atoms with Crippen LogP contribution in [0.15, 0.2) is 18.2 Å². The molecule has 4 nitrogen and oxygen atoms in total. The van der Waals surface area contributed by atoms with E-state index in [1.807, 2.05) is 26.0 Å². The molecule has 0 amide bonds. The predicted octanol–water partition coefficient (Wildman–Crippen LogP) is 3.69. The van der Waals surface area contributed by atoms with Crippen molar-refractivity contribution in [2.75, 3.05) is 19.6 Å². The third kappa shape index (κ3) is 4.32. The molecular weight excluding hydrogens is 263 g/mol. The summed E-state index contributed by atoms with van der Waals surface area (Å²) in [7, 11) is -2.29. The van der Waals surface area contributed by atoms with Crippen LogP contribution in [0.3, 0.4) is 0 Å². The van der Waals surface area contributed by atoms with Crippen LogP contribution >= 0.6 is 19.4 Å². The van der Waals surface area contributed by atoms with Gasteiger partial charge in [-0.05, 0) is 31.0 Å². The summed E-state index contributed by atoms with van der Waals surface area (Å²) in [6.07, 6.45) is 0. The van der Waals surface area contributed by atoms with E-state index < -0.39 is 7.82 Å².